The van der Waals surface area contributed by atoms with Gasteiger partial charge in [-0.2, -0.15) is 0 Å². The molecule has 0 heterocycles. The predicted octanol–water partition coefficient (Wildman–Crippen LogP) is 2.74. The Balaban J connectivity index is 1.86. The van der Waals surface area contributed by atoms with Crippen molar-refractivity contribution in [1.82, 2.24) is 4.90 Å². The largest absolute Gasteiger partial charge is 0.387 e. The molecule has 2 N–H and O–H groups in total. The van der Waals surface area contributed by atoms with Gasteiger partial charge in [-0.1, -0.05) is 35.9 Å². The molecule has 0 aliphatic carbocycles. The summed E-state index contributed by atoms with van der Waals surface area (Å²) in [7, 11) is 1.71. The summed E-state index contributed by atoms with van der Waals surface area (Å²) in [5.41, 5.74) is 2.08. The number of nitrogens with one attached hydrogen (secondary N) is 1. The van der Waals surface area contributed by atoms with Gasteiger partial charge in [0.25, 0.3) is 0 Å². The molecule has 0 saturated carbocycles. The van der Waals surface area contributed by atoms with Crippen LogP contribution in [0.25, 0.3) is 0 Å². The van der Waals surface area contributed by atoms with Crippen LogP contribution >= 0.6 is 0 Å². The van der Waals surface area contributed by atoms with Crippen LogP contribution in [0.1, 0.15) is 17.2 Å². The first-order chi connectivity index (χ1) is 11.0. The Kier molecular flexibility index (Phi) is 5.84. The van der Waals surface area contributed by atoms with Gasteiger partial charge in [-0.05, 0) is 32.2 Å². The van der Waals surface area contributed by atoms with Crippen molar-refractivity contribution in [2.45, 2.75) is 13.0 Å². The first kappa shape index (κ1) is 17.1. The van der Waals surface area contributed by atoms with E-state index in [1.54, 1.807) is 30.1 Å². The van der Waals surface area contributed by atoms with Gasteiger partial charge in [0, 0.05) is 17.8 Å². The number of nitrogens with zero attached hydrogens (tertiary/aromatic N) is 1. The summed E-state index contributed by atoms with van der Waals surface area (Å²) >= 11 is 0. The number of rotatable bonds is 6. The molecule has 122 valence electrons. The monoisotopic (exact) mass is 316 g/mol. The zero-order chi connectivity index (χ0) is 16.8. The van der Waals surface area contributed by atoms with Crippen molar-refractivity contribution >= 4 is 11.6 Å². The molecule has 0 aliphatic rings. The number of amides is 1. The highest BCUT2D eigenvalue weighted by Crippen LogP contribution is 2.17. The second-order valence-electron chi connectivity index (χ2n) is 5.65. The lowest BCUT2D eigenvalue weighted by Crippen LogP contribution is -2.33. The summed E-state index contributed by atoms with van der Waals surface area (Å²) in [6.07, 6.45) is -0.978. The summed E-state index contributed by atoms with van der Waals surface area (Å²) < 4.78 is 13.6. The van der Waals surface area contributed by atoms with E-state index >= 15 is 0 Å². The van der Waals surface area contributed by atoms with E-state index in [2.05, 4.69) is 5.32 Å². The molecule has 23 heavy (non-hydrogen) atoms. The van der Waals surface area contributed by atoms with Crippen LogP contribution in [0.5, 0.6) is 0 Å². The molecule has 4 nitrogen and oxygen atoms in total. The van der Waals surface area contributed by atoms with Crippen LogP contribution in [0.4, 0.5) is 10.1 Å². The fourth-order valence-corrected chi connectivity index (χ4v) is 2.29. The lowest BCUT2D eigenvalue weighted by Gasteiger charge is -2.20. The van der Waals surface area contributed by atoms with Crippen LogP contribution in [0.2, 0.25) is 0 Å². The van der Waals surface area contributed by atoms with E-state index in [0.29, 0.717) is 0 Å². The maximum atomic E-state index is 13.6. The zero-order valence-corrected chi connectivity index (χ0v) is 13.3. The van der Waals surface area contributed by atoms with Crippen LogP contribution in [-0.2, 0) is 4.79 Å². The van der Waals surface area contributed by atoms with Crippen molar-refractivity contribution in [2.24, 2.45) is 0 Å². The van der Waals surface area contributed by atoms with Crippen molar-refractivity contribution in [3.8, 4) is 0 Å². The van der Waals surface area contributed by atoms with Gasteiger partial charge in [0.1, 0.15) is 5.82 Å². The average molecular weight is 316 g/mol. The van der Waals surface area contributed by atoms with Gasteiger partial charge in [-0.25, -0.2) is 4.39 Å². The third-order valence-electron chi connectivity index (χ3n) is 3.50. The SMILES string of the molecule is Cc1ccc(NC(=O)CN(C)CC(O)c2ccccc2F)cc1. The fourth-order valence-electron chi connectivity index (χ4n) is 2.29. The smallest absolute Gasteiger partial charge is 0.238 e. The van der Waals surface area contributed by atoms with Gasteiger partial charge < -0.3 is 10.4 Å². The molecule has 5 heteroatoms. The molecule has 0 fully saturated rings. The summed E-state index contributed by atoms with van der Waals surface area (Å²) in [6.45, 7) is 2.26. The van der Waals surface area contributed by atoms with Gasteiger partial charge in [0.2, 0.25) is 5.91 Å². The molecule has 2 aromatic carbocycles. The number of aliphatic hydroxyl groups excluding tert-OH is 1. The van der Waals surface area contributed by atoms with Crippen molar-refractivity contribution in [2.75, 3.05) is 25.5 Å². The van der Waals surface area contributed by atoms with Crippen LogP contribution in [0, 0.1) is 12.7 Å². The van der Waals surface area contributed by atoms with Crippen LogP contribution in [0.3, 0.4) is 0 Å². The Morgan fingerprint density at radius 2 is 1.87 bits per heavy atom. The van der Waals surface area contributed by atoms with Gasteiger partial charge in [-0.3, -0.25) is 9.69 Å². The van der Waals surface area contributed by atoms with Crippen molar-refractivity contribution in [3.05, 3.63) is 65.5 Å². The minimum atomic E-state index is -0.978. The molecule has 1 amide bonds. The minimum absolute atomic E-state index is 0.111. The molecule has 2 rings (SSSR count). The maximum Gasteiger partial charge on any atom is 0.238 e. The Labute approximate surface area is 135 Å². The fraction of sp³-hybridized carbons (Fsp3) is 0.278. The van der Waals surface area contributed by atoms with E-state index in [9.17, 15) is 14.3 Å². The van der Waals surface area contributed by atoms with Crippen LogP contribution in [-0.4, -0.2) is 36.1 Å². The van der Waals surface area contributed by atoms with E-state index in [1.807, 2.05) is 31.2 Å². The lowest BCUT2D eigenvalue weighted by atomic mass is 10.1. The van der Waals surface area contributed by atoms with E-state index in [1.165, 1.54) is 6.07 Å². The zero-order valence-electron chi connectivity index (χ0n) is 13.3. The third-order valence-corrected chi connectivity index (χ3v) is 3.50. The number of likely N-dealkylation sites (N-methyl/N-ethyl adjacent to an activating group) is 1. The second kappa shape index (κ2) is 7.85. The number of carbonyl (C=O) groups excluding carboxylic acids is 1. The Morgan fingerprint density at radius 1 is 1.22 bits per heavy atom. The highest BCUT2D eigenvalue weighted by atomic mass is 19.1. The van der Waals surface area contributed by atoms with Crippen molar-refractivity contribution in [3.63, 3.8) is 0 Å². The molecule has 0 aromatic heterocycles. The van der Waals surface area contributed by atoms with E-state index in [-0.39, 0.29) is 24.6 Å². The summed E-state index contributed by atoms with van der Waals surface area (Å²) in [4.78, 5) is 13.6. The molecule has 0 spiro atoms. The van der Waals surface area contributed by atoms with Gasteiger partial charge >= 0.3 is 0 Å². The first-order valence-electron chi connectivity index (χ1n) is 7.43. The van der Waals surface area contributed by atoms with Crippen LogP contribution in [0.15, 0.2) is 48.5 Å². The lowest BCUT2D eigenvalue weighted by molar-refractivity contribution is -0.117. The number of aliphatic hydroxyl groups is 1. The van der Waals surface area contributed by atoms with E-state index < -0.39 is 11.9 Å². The van der Waals surface area contributed by atoms with Gasteiger partial charge in [-0.15, -0.1) is 0 Å². The highest BCUT2D eigenvalue weighted by molar-refractivity contribution is 5.92. The molecular formula is C18H21FN2O2. The van der Waals surface area contributed by atoms with Crippen LogP contribution < -0.4 is 5.32 Å². The topological polar surface area (TPSA) is 52.6 Å². The van der Waals surface area contributed by atoms with Crippen molar-refractivity contribution < 1.29 is 14.3 Å². The Hall–Kier alpha value is -2.24. The molecule has 0 aliphatic heterocycles. The third kappa shape index (κ3) is 5.16. The predicted molar refractivity (Wildman–Crippen MR) is 88.7 cm³/mol. The second-order valence-corrected chi connectivity index (χ2v) is 5.65. The summed E-state index contributed by atoms with van der Waals surface area (Å²) in [5.74, 6) is -0.630. The molecule has 0 saturated heterocycles. The standard InChI is InChI=1S/C18H21FN2O2/c1-13-7-9-14(10-8-13)20-18(23)12-21(2)11-17(22)15-5-3-4-6-16(15)19/h3-10,17,22H,11-12H2,1-2H3,(H,20,23). The minimum Gasteiger partial charge on any atom is -0.387 e. The van der Waals surface area contributed by atoms with Gasteiger partial charge in [0.05, 0.1) is 12.6 Å². The molecule has 1 unspecified atom stereocenters. The number of halogens is 1. The number of aryl methyl sites for hydroxylation is 1. The van der Waals surface area contributed by atoms with Crippen molar-refractivity contribution in [1.29, 1.82) is 0 Å². The summed E-state index contributed by atoms with van der Waals surface area (Å²) in [5, 5.41) is 12.9. The normalized spacial score (nSPS) is 12.2. The van der Waals surface area contributed by atoms with E-state index in [0.717, 1.165) is 11.3 Å². The number of hydrogen-bond donors (Lipinski definition) is 2. The first-order valence-corrected chi connectivity index (χ1v) is 7.43. The molecule has 0 radical (unpaired) electrons. The maximum absolute atomic E-state index is 13.6. The molecular weight excluding hydrogens is 295 g/mol. The molecule has 0 bridgehead atoms. The molecule has 1 atom stereocenters. The number of anilines is 1. The quantitative estimate of drug-likeness (QED) is 0.861. The highest BCUT2D eigenvalue weighted by Gasteiger charge is 2.16. The average Bonchev–Trinajstić information content (AvgIpc) is 2.49. The Bertz CT molecular complexity index is 658. The van der Waals surface area contributed by atoms with E-state index in [4.69, 9.17) is 0 Å². The summed E-state index contributed by atoms with van der Waals surface area (Å²) in [6, 6.07) is 13.6. The number of carbonyl (C=O) groups is 1. The van der Waals surface area contributed by atoms with Gasteiger partial charge in [0.15, 0.2) is 0 Å². The molecule has 2 aromatic rings. The number of hydrogen-bond acceptors (Lipinski definition) is 3. The Morgan fingerprint density at radius 3 is 2.52 bits per heavy atom. The number of benzene rings is 2.